The van der Waals surface area contributed by atoms with Gasteiger partial charge in [0.25, 0.3) is 0 Å². The lowest BCUT2D eigenvalue weighted by Crippen LogP contribution is -2.02. The largest absolute Gasteiger partial charge is 0.514 e. The Hall–Kier alpha value is -0.920. The van der Waals surface area contributed by atoms with Crippen molar-refractivity contribution in [3.63, 3.8) is 0 Å². The highest BCUT2D eigenvalue weighted by Crippen LogP contribution is 1.59. The molecule has 0 saturated heterocycles. The molecule has 0 rings (SSSR count). The molecule has 0 atom stereocenters. The van der Waals surface area contributed by atoms with Gasteiger partial charge in [-0.05, 0) is 0 Å². The van der Waals surface area contributed by atoms with E-state index < -0.39 is 0 Å². The zero-order valence-electron chi connectivity index (χ0n) is 4.09. The molecule has 0 aromatic rings. The maximum absolute atomic E-state index is 8.02. The second-order valence-corrected chi connectivity index (χ2v) is 1.01. The molecule has 0 aromatic carbocycles. The van der Waals surface area contributed by atoms with Gasteiger partial charge in [-0.2, -0.15) is 0 Å². The second-order valence-electron chi connectivity index (χ2n) is 1.01. The zero-order valence-corrected chi connectivity index (χ0v) is 4.09. The van der Waals surface area contributed by atoms with Crippen LogP contribution in [0, 0.1) is 0 Å². The van der Waals surface area contributed by atoms with Gasteiger partial charge in [-0.15, -0.1) is 6.58 Å². The van der Waals surface area contributed by atoms with Gasteiger partial charge < -0.3 is 10.4 Å². The van der Waals surface area contributed by atoms with E-state index in [1.54, 1.807) is 6.08 Å². The van der Waals surface area contributed by atoms with Crippen LogP contribution >= 0.6 is 0 Å². The molecule has 0 unspecified atom stereocenters. The fourth-order valence-electron chi connectivity index (χ4n) is 0.204. The van der Waals surface area contributed by atoms with Gasteiger partial charge in [-0.1, -0.05) is 6.08 Å². The molecule has 40 valence electrons. The van der Waals surface area contributed by atoms with Gasteiger partial charge in [0, 0.05) is 12.7 Å². The van der Waals surface area contributed by atoms with Crippen molar-refractivity contribution in [2.24, 2.45) is 0 Å². The Kier molecular flexibility index (Phi) is 4.41. The Morgan fingerprint density at radius 3 is 2.86 bits per heavy atom. The van der Waals surface area contributed by atoms with Crippen molar-refractivity contribution in [2.75, 3.05) is 6.54 Å². The van der Waals surface area contributed by atoms with E-state index in [4.69, 9.17) is 5.11 Å². The standard InChI is InChI=1S/C5H9NO/c1-2-3-6-4-5-7/h2,4-7H,1,3H2/b5-4-. The predicted octanol–water partition coefficient (Wildman–Crippen LogP) is 0.791. The van der Waals surface area contributed by atoms with Crippen molar-refractivity contribution < 1.29 is 5.11 Å². The van der Waals surface area contributed by atoms with Crippen molar-refractivity contribution in [3.05, 3.63) is 25.1 Å². The Bertz CT molecular complexity index is 68.5. The minimum Gasteiger partial charge on any atom is -0.514 e. The van der Waals surface area contributed by atoms with Crippen LogP contribution in [0.1, 0.15) is 0 Å². The molecule has 7 heavy (non-hydrogen) atoms. The molecule has 0 fully saturated rings. The summed E-state index contributed by atoms with van der Waals surface area (Å²) in [4.78, 5) is 0. The van der Waals surface area contributed by atoms with Gasteiger partial charge in [0.05, 0.1) is 6.26 Å². The molecule has 0 aromatic heterocycles. The summed E-state index contributed by atoms with van der Waals surface area (Å²) in [5.74, 6) is 0. The number of aliphatic hydroxyl groups excluding tert-OH is 1. The molecular weight excluding hydrogens is 90.1 g/mol. The van der Waals surface area contributed by atoms with E-state index in [1.807, 2.05) is 0 Å². The summed E-state index contributed by atoms with van der Waals surface area (Å²) < 4.78 is 0. The van der Waals surface area contributed by atoms with Crippen molar-refractivity contribution in [2.45, 2.75) is 0 Å². The summed E-state index contributed by atoms with van der Waals surface area (Å²) in [6, 6.07) is 0. The Morgan fingerprint density at radius 1 is 1.71 bits per heavy atom. The molecule has 0 saturated carbocycles. The molecule has 2 heteroatoms. The lowest BCUT2D eigenvalue weighted by atomic mass is 10.6. The summed E-state index contributed by atoms with van der Waals surface area (Å²) in [5.41, 5.74) is 0. The van der Waals surface area contributed by atoms with Crippen molar-refractivity contribution >= 4 is 0 Å². The third-order valence-electron chi connectivity index (χ3n) is 0.455. The Morgan fingerprint density at radius 2 is 2.43 bits per heavy atom. The summed E-state index contributed by atoms with van der Waals surface area (Å²) in [7, 11) is 0. The minimum atomic E-state index is 0.692. The van der Waals surface area contributed by atoms with Crippen LogP contribution in [-0.4, -0.2) is 11.7 Å². The molecule has 2 N–H and O–H groups in total. The van der Waals surface area contributed by atoms with Gasteiger partial charge in [-0.25, -0.2) is 0 Å². The average molecular weight is 99.1 g/mol. The van der Waals surface area contributed by atoms with E-state index in [-0.39, 0.29) is 0 Å². The topological polar surface area (TPSA) is 32.3 Å². The molecule has 0 heterocycles. The zero-order chi connectivity index (χ0) is 5.54. The number of hydrogen-bond acceptors (Lipinski definition) is 2. The van der Waals surface area contributed by atoms with E-state index in [9.17, 15) is 0 Å². The van der Waals surface area contributed by atoms with Crippen LogP contribution in [0.25, 0.3) is 0 Å². The maximum atomic E-state index is 8.02. The summed E-state index contributed by atoms with van der Waals surface area (Å²) in [6.45, 7) is 4.15. The van der Waals surface area contributed by atoms with Crippen LogP contribution in [0.4, 0.5) is 0 Å². The fraction of sp³-hybridized carbons (Fsp3) is 0.200. The molecule has 0 amide bonds. The lowest BCUT2D eigenvalue weighted by Gasteiger charge is -1.87. The molecule has 0 radical (unpaired) electrons. The van der Waals surface area contributed by atoms with Crippen LogP contribution in [0.3, 0.4) is 0 Å². The monoisotopic (exact) mass is 99.1 g/mol. The van der Waals surface area contributed by atoms with Crippen LogP contribution in [-0.2, 0) is 0 Å². The molecule has 0 bridgehead atoms. The van der Waals surface area contributed by atoms with Crippen molar-refractivity contribution in [1.82, 2.24) is 5.32 Å². The van der Waals surface area contributed by atoms with Gasteiger partial charge in [0.2, 0.25) is 0 Å². The van der Waals surface area contributed by atoms with Gasteiger partial charge in [-0.3, -0.25) is 0 Å². The first kappa shape index (κ1) is 6.08. The first-order valence-corrected chi connectivity index (χ1v) is 2.05. The van der Waals surface area contributed by atoms with Crippen LogP contribution in [0.2, 0.25) is 0 Å². The molecule has 0 aliphatic carbocycles. The minimum absolute atomic E-state index is 0.692. The van der Waals surface area contributed by atoms with Crippen LogP contribution < -0.4 is 5.32 Å². The second kappa shape index (κ2) is 5.08. The molecule has 0 spiro atoms. The number of rotatable bonds is 3. The van der Waals surface area contributed by atoms with Crippen LogP contribution in [0.15, 0.2) is 25.1 Å². The highest BCUT2D eigenvalue weighted by molar-refractivity contribution is 4.76. The SMILES string of the molecule is C=CCN/C=C\O. The number of hydrogen-bond donors (Lipinski definition) is 2. The fourth-order valence-corrected chi connectivity index (χ4v) is 0.204. The first-order valence-electron chi connectivity index (χ1n) is 2.05. The summed E-state index contributed by atoms with van der Waals surface area (Å²) in [5, 5.41) is 10.8. The van der Waals surface area contributed by atoms with Gasteiger partial charge in [0.1, 0.15) is 0 Å². The molecule has 0 aliphatic rings. The quantitative estimate of drug-likeness (QED) is 0.311. The number of nitrogens with one attached hydrogen (secondary N) is 1. The van der Waals surface area contributed by atoms with E-state index in [2.05, 4.69) is 11.9 Å². The van der Waals surface area contributed by atoms with E-state index >= 15 is 0 Å². The van der Waals surface area contributed by atoms with Crippen molar-refractivity contribution in [3.8, 4) is 0 Å². The summed E-state index contributed by atoms with van der Waals surface area (Å²) in [6.07, 6.45) is 4.10. The molecular formula is C5H9NO. The Balaban J connectivity index is 2.82. The normalized spacial score (nSPS) is 9.14. The van der Waals surface area contributed by atoms with E-state index in [0.717, 1.165) is 6.26 Å². The van der Waals surface area contributed by atoms with Gasteiger partial charge >= 0.3 is 0 Å². The molecule has 0 aliphatic heterocycles. The van der Waals surface area contributed by atoms with Crippen LogP contribution in [0.5, 0.6) is 0 Å². The smallest absolute Gasteiger partial charge is 0.0948 e. The summed E-state index contributed by atoms with van der Waals surface area (Å²) >= 11 is 0. The third-order valence-corrected chi connectivity index (χ3v) is 0.455. The highest BCUT2D eigenvalue weighted by Gasteiger charge is 1.63. The predicted molar refractivity (Wildman–Crippen MR) is 30.0 cm³/mol. The highest BCUT2D eigenvalue weighted by atomic mass is 16.2. The number of aliphatic hydroxyl groups is 1. The molecule has 2 nitrogen and oxygen atoms in total. The third kappa shape index (κ3) is 5.08. The lowest BCUT2D eigenvalue weighted by molar-refractivity contribution is 0.469. The average Bonchev–Trinajstić information content (AvgIpc) is 1.69. The van der Waals surface area contributed by atoms with Gasteiger partial charge in [0.15, 0.2) is 0 Å². The first-order chi connectivity index (χ1) is 3.41. The van der Waals surface area contributed by atoms with Crippen molar-refractivity contribution in [1.29, 1.82) is 0 Å². The Labute approximate surface area is 43.2 Å². The maximum Gasteiger partial charge on any atom is 0.0948 e. The van der Waals surface area contributed by atoms with E-state index in [0.29, 0.717) is 6.54 Å². The van der Waals surface area contributed by atoms with E-state index in [1.165, 1.54) is 6.20 Å².